The van der Waals surface area contributed by atoms with E-state index in [9.17, 15) is 19.2 Å². The molecule has 0 rings (SSSR count). The molecule has 1 N–H and O–H groups in total. The van der Waals surface area contributed by atoms with Crippen LogP contribution in [0.25, 0.3) is 0 Å². The number of carboxylic acids is 1. The number of hydrogen-bond donors (Lipinski definition) is 1. The van der Waals surface area contributed by atoms with Crippen molar-refractivity contribution in [1.29, 1.82) is 0 Å². The number of esters is 1. The number of methoxy groups -OCH3 is 3. The van der Waals surface area contributed by atoms with Crippen molar-refractivity contribution in [3.05, 3.63) is 23.7 Å². The van der Waals surface area contributed by atoms with Crippen molar-refractivity contribution in [2.24, 2.45) is 5.92 Å². The molecule has 0 fully saturated rings. The Morgan fingerprint density at radius 2 is 1.50 bits per heavy atom. The summed E-state index contributed by atoms with van der Waals surface area (Å²) in [6.45, 7) is 4.85. The van der Waals surface area contributed by atoms with Crippen LogP contribution in [0.3, 0.4) is 0 Å². The lowest BCUT2D eigenvalue weighted by Crippen LogP contribution is -2.17. The van der Waals surface area contributed by atoms with Crippen LogP contribution in [0, 0.1) is 5.92 Å². The van der Waals surface area contributed by atoms with Crippen LogP contribution in [0.5, 0.6) is 0 Å². The van der Waals surface area contributed by atoms with Gasteiger partial charge in [-0.05, 0) is 6.92 Å². The average molecular weight is 344 g/mol. The average Bonchev–Trinajstić information content (AvgIpc) is 2.52. The molecule has 0 aromatic carbocycles. The van der Waals surface area contributed by atoms with Gasteiger partial charge in [0.2, 0.25) is 0 Å². The van der Waals surface area contributed by atoms with Gasteiger partial charge in [0.05, 0.1) is 27.6 Å². The third-order valence-electron chi connectivity index (χ3n) is 2.52. The first-order valence-corrected chi connectivity index (χ1v) is 6.92. The van der Waals surface area contributed by atoms with Gasteiger partial charge < -0.3 is 19.3 Å². The van der Waals surface area contributed by atoms with E-state index in [0.29, 0.717) is 5.57 Å². The number of Topliss-reactive ketones (excluding diaryl/α,β-unsaturated/α-hetero) is 2. The van der Waals surface area contributed by atoms with Crippen LogP contribution in [0.2, 0.25) is 0 Å². The summed E-state index contributed by atoms with van der Waals surface area (Å²) in [4.78, 5) is 43.3. The zero-order valence-electron chi connectivity index (χ0n) is 14.7. The van der Waals surface area contributed by atoms with Gasteiger partial charge in [0.25, 0.3) is 0 Å². The van der Waals surface area contributed by atoms with Crippen molar-refractivity contribution in [1.82, 2.24) is 0 Å². The molecule has 24 heavy (non-hydrogen) atoms. The number of carbonyl (C=O) groups excluding carboxylic acids is 3. The molecule has 0 aromatic heterocycles. The summed E-state index contributed by atoms with van der Waals surface area (Å²) >= 11 is 0. The Labute approximate surface area is 141 Å². The molecule has 0 saturated carbocycles. The van der Waals surface area contributed by atoms with E-state index in [1.54, 1.807) is 20.8 Å². The molecular weight excluding hydrogens is 320 g/mol. The second-order valence-electron chi connectivity index (χ2n) is 4.80. The molecule has 0 aliphatic rings. The lowest BCUT2D eigenvalue weighted by molar-refractivity contribution is -0.143. The van der Waals surface area contributed by atoms with Gasteiger partial charge in [-0.3, -0.25) is 14.4 Å². The molecule has 0 spiro atoms. The predicted molar refractivity (Wildman–Crippen MR) is 85.0 cm³/mol. The van der Waals surface area contributed by atoms with Gasteiger partial charge in [-0.2, -0.15) is 0 Å². The van der Waals surface area contributed by atoms with Gasteiger partial charge >= 0.3 is 11.9 Å². The highest BCUT2D eigenvalue weighted by Crippen LogP contribution is 2.06. The van der Waals surface area contributed by atoms with Gasteiger partial charge in [0.1, 0.15) is 18.3 Å². The normalized spacial score (nSPS) is 11.1. The van der Waals surface area contributed by atoms with Crippen molar-refractivity contribution in [3.8, 4) is 0 Å². The van der Waals surface area contributed by atoms with E-state index in [-0.39, 0.29) is 23.7 Å². The molecule has 0 heterocycles. The number of aliphatic carboxylic acids is 1. The molecule has 0 atom stereocenters. The smallest absolute Gasteiger partial charge is 0.342 e. The molecule has 0 aromatic rings. The van der Waals surface area contributed by atoms with Crippen molar-refractivity contribution < 1.29 is 38.5 Å². The van der Waals surface area contributed by atoms with E-state index >= 15 is 0 Å². The molecule has 8 nitrogen and oxygen atoms in total. The fourth-order valence-electron chi connectivity index (χ4n) is 1.23. The number of carboxylic acid groups (broad SMARTS) is 1. The molecule has 0 bridgehead atoms. The quantitative estimate of drug-likeness (QED) is 0.231. The summed E-state index contributed by atoms with van der Waals surface area (Å²) < 4.78 is 13.4. The molecule has 0 aliphatic heterocycles. The van der Waals surface area contributed by atoms with Crippen molar-refractivity contribution >= 4 is 23.5 Å². The van der Waals surface area contributed by atoms with Gasteiger partial charge in [-0.25, -0.2) is 4.79 Å². The van der Waals surface area contributed by atoms with Crippen LogP contribution >= 0.6 is 0 Å². The largest absolute Gasteiger partial charge is 0.504 e. The summed E-state index contributed by atoms with van der Waals surface area (Å²) in [5.41, 5.74) is 0.0930. The SMILES string of the molecule is COC=C(C(=O)O)C(=O)C(C)C.COC=C(C)C(=O)CC(=O)OC. The Balaban J connectivity index is 0. The Morgan fingerprint density at radius 1 is 1.00 bits per heavy atom. The highest BCUT2D eigenvalue weighted by molar-refractivity contribution is 6.17. The minimum atomic E-state index is -1.25. The minimum Gasteiger partial charge on any atom is -0.504 e. The summed E-state index contributed by atoms with van der Waals surface area (Å²) in [5, 5.41) is 8.55. The van der Waals surface area contributed by atoms with E-state index in [4.69, 9.17) is 5.11 Å². The summed E-state index contributed by atoms with van der Waals surface area (Å²) in [7, 11) is 3.98. The number of hydrogen-bond acceptors (Lipinski definition) is 7. The van der Waals surface area contributed by atoms with Crippen LogP contribution in [0.15, 0.2) is 23.7 Å². The van der Waals surface area contributed by atoms with E-state index < -0.39 is 17.7 Å². The molecular formula is C16H24O8. The fourth-order valence-corrected chi connectivity index (χ4v) is 1.23. The third-order valence-corrected chi connectivity index (χ3v) is 2.52. The van der Waals surface area contributed by atoms with E-state index in [1.807, 2.05) is 0 Å². The molecule has 136 valence electrons. The summed E-state index contributed by atoms with van der Waals surface area (Å²) in [6.07, 6.45) is 2.01. The second kappa shape index (κ2) is 12.9. The maximum atomic E-state index is 11.1. The molecule has 0 amide bonds. The summed E-state index contributed by atoms with van der Waals surface area (Å²) in [5.74, 6) is -2.84. The predicted octanol–water partition coefficient (Wildman–Crippen LogP) is 1.50. The topological polar surface area (TPSA) is 116 Å². The minimum absolute atomic E-state index is 0.234. The summed E-state index contributed by atoms with van der Waals surface area (Å²) in [6, 6.07) is 0. The standard InChI is InChI=1S/2C8H12O4/c1-6(5-11-2)7(9)4-8(10)12-3;1-5(2)7(9)6(4-12-3)8(10)11/h5H,4H2,1-3H3;4-5H,1-3H3,(H,10,11). The number of ether oxygens (including phenoxy) is 3. The van der Waals surface area contributed by atoms with Crippen LogP contribution in [-0.2, 0) is 33.4 Å². The maximum absolute atomic E-state index is 11.1. The van der Waals surface area contributed by atoms with Gasteiger partial charge in [0.15, 0.2) is 11.6 Å². The zero-order chi connectivity index (χ0) is 19.3. The van der Waals surface area contributed by atoms with Crippen molar-refractivity contribution in [2.45, 2.75) is 27.2 Å². The van der Waals surface area contributed by atoms with E-state index in [0.717, 1.165) is 6.26 Å². The first kappa shape index (κ1) is 23.6. The van der Waals surface area contributed by atoms with Crippen molar-refractivity contribution in [3.63, 3.8) is 0 Å². The maximum Gasteiger partial charge on any atom is 0.342 e. The Bertz CT molecular complexity index is 514. The third kappa shape index (κ3) is 10.1. The molecule has 0 aliphatic carbocycles. The Hall–Kier alpha value is -2.64. The Morgan fingerprint density at radius 3 is 1.83 bits per heavy atom. The van der Waals surface area contributed by atoms with Gasteiger partial charge in [-0.15, -0.1) is 0 Å². The van der Waals surface area contributed by atoms with Crippen LogP contribution in [-0.4, -0.2) is 49.9 Å². The highest BCUT2D eigenvalue weighted by atomic mass is 16.5. The zero-order valence-corrected chi connectivity index (χ0v) is 14.7. The number of carbonyl (C=O) groups is 4. The van der Waals surface area contributed by atoms with Crippen LogP contribution in [0.4, 0.5) is 0 Å². The van der Waals surface area contributed by atoms with Crippen LogP contribution in [0.1, 0.15) is 27.2 Å². The second-order valence-corrected chi connectivity index (χ2v) is 4.80. The number of rotatable bonds is 8. The first-order valence-electron chi connectivity index (χ1n) is 6.92. The highest BCUT2D eigenvalue weighted by Gasteiger charge is 2.20. The van der Waals surface area contributed by atoms with Crippen molar-refractivity contribution in [2.75, 3.05) is 21.3 Å². The molecule has 0 saturated heterocycles. The lowest BCUT2D eigenvalue weighted by Gasteiger charge is -2.03. The van der Waals surface area contributed by atoms with E-state index in [2.05, 4.69) is 14.2 Å². The number of allylic oxidation sites excluding steroid dienone is 1. The fraction of sp³-hybridized carbons (Fsp3) is 0.500. The first-order chi connectivity index (χ1) is 11.1. The van der Waals surface area contributed by atoms with Crippen LogP contribution < -0.4 is 0 Å². The monoisotopic (exact) mass is 344 g/mol. The molecule has 8 heteroatoms. The molecule has 0 radical (unpaired) electrons. The van der Waals surface area contributed by atoms with Gasteiger partial charge in [0, 0.05) is 11.5 Å². The lowest BCUT2D eigenvalue weighted by atomic mass is 10.0. The number of ketones is 2. The van der Waals surface area contributed by atoms with E-state index in [1.165, 1.54) is 27.6 Å². The molecule has 0 unspecified atom stereocenters. The van der Waals surface area contributed by atoms with Gasteiger partial charge in [-0.1, -0.05) is 13.8 Å². The Kier molecular flexibility index (Phi) is 12.7.